The van der Waals surface area contributed by atoms with Crippen molar-refractivity contribution in [3.8, 4) is 0 Å². The van der Waals surface area contributed by atoms with Crippen molar-refractivity contribution in [2.75, 3.05) is 31.5 Å². The van der Waals surface area contributed by atoms with Gasteiger partial charge in [-0.15, -0.1) is 0 Å². The van der Waals surface area contributed by atoms with Crippen molar-refractivity contribution in [3.63, 3.8) is 0 Å². The minimum Gasteiger partial charge on any atom is -0.352 e. The van der Waals surface area contributed by atoms with Crippen LogP contribution < -0.4 is 10.6 Å². The summed E-state index contributed by atoms with van der Waals surface area (Å²) in [6.07, 6.45) is 5.98. The normalized spacial score (nSPS) is 18.5. The summed E-state index contributed by atoms with van der Waals surface area (Å²) in [6.45, 7) is 3.88. The van der Waals surface area contributed by atoms with Crippen molar-refractivity contribution in [1.29, 1.82) is 0 Å². The molecule has 0 aliphatic carbocycles. The summed E-state index contributed by atoms with van der Waals surface area (Å²) in [5, 5.41) is 5.75. The Balaban J connectivity index is 1.14. The topological polar surface area (TPSA) is 61.4 Å². The van der Waals surface area contributed by atoms with Crippen molar-refractivity contribution < 1.29 is 9.59 Å². The summed E-state index contributed by atoms with van der Waals surface area (Å²) in [4.78, 5) is 28.3. The highest BCUT2D eigenvalue weighted by atomic mass is 32.2. The first-order chi connectivity index (χ1) is 15.2. The summed E-state index contributed by atoms with van der Waals surface area (Å²) in [6, 6.07) is 18.4. The molecule has 0 radical (unpaired) electrons. The predicted octanol–water partition coefficient (Wildman–Crippen LogP) is 4.08. The molecule has 162 valence electrons. The fourth-order valence-electron chi connectivity index (χ4n) is 4.15. The number of nitrogens with zero attached hydrogens (tertiary/aromatic N) is 1. The van der Waals surface area contributed by atoms with Gasteiger partial charge in [0.05, 0.1) is 10.6 Å². The minimum absolute atomic E-state index is 0.210. The highest BCUT2D eigenvalue weighted by Crippen LogP contribution is 2.37. The number of rotatable bonds is 7. The molecule has 1 fully saturated rings. The van der Waals surface area contributed by atoms with Gasteiger partial charge in [-0.1, -0.05) is 54.2 Å². The molecule has 0 unspecified atom stereocenters. The Hall–Kier alpha value is -2.57. The predicted molar refractivity (Wildman–Crippen MR) is 126 cm³/mol. The lowest BCUT2D eigenvalue weighted by atomic mass is 9.90. The van der Waals surface area contributed by atoms with E-state index >= 15 is 0 Å². The SMILES string of the molecule is O=C(C=C1Sc2ccccc2NC1=O)NCCCN1CCC(Cc2ccccc2)CC1. The van der Waals surface area contributed by atoms with Gasteiger partial charge in [0.1, 0.15) is 0 Å². The Morgan fingerprint density at radius 1 is 1.10 bits per heavy atom. The van der Waals surface area contributed by atoms with Crippen molar-refractivity contribution in [2.45, 2.75) is 30.6 Å². The summed E-state index contributed by atoms with van der Waals surface area (Å²) >= 11 is 1.34. The van der Waals surface area contributed by atoms with Crippen LogP contribution in [-0.2, 0) is 16.0 Å². The Bertz CT molecular complexity index is 937. The van der Waals surface area contributed by atoms with Gasteiger partial charge < -0.3 is 15.5 Å². The molecule has 2 N–H and O–H groups in total. The molecule has 1 saturated heterocycles. The van der Waals surface area contributed by atoms with Crippen LogP contribution in [0.3, 0.4) is 0 Å². The van der Waals surface area contributed by atoms with E-state index in [1.807, 2.05) is 24.3 Å². The van der Waals surface area contributed by atoms with Crippen LogP contribution in [0.1, 0.15) is 24.8 Å². The van der Waals surface area contributed by atoms with Crippen LogP contribution in [-0.4, -0.2) is 42.9 Å². The minimum atomic E-state index is -0.225. The molecule has 6 heteroatoms. The van der Waals surface area contributed by atoms with Gasteiger partial charge in [-0.3, -0.25) is 9.59 Å². The maximum Gasteiger partial charge on any atom is 0.262 e. The highest BCUT2D eigenvalue weighted by molar-refractivity contribution is 8.04. The second-order valence-electron chi connectivity index (χ2n) is 8.18. The Kier molecular flexibility index (Phi) is 7.43. The molecular weight excluding hydrogens is 406 g/mol. The lowest BCUT2D eigenvalue weighted by Crippen LogP contribution is -2.36. The van der Waals surface area contributed by atoms with Crippen LogP contribution in [0, 0.1) is 5.92 Å². The number of thioether (sulfide) groups is 1. The average Bonchev–Trinajstić information content (AvgIpc) is 2.79. The van der Waals surface area contributed by atoms with E-state index in [2.05, 4.69) is 45.9 Å². The molecule has 0 saturated carbocycles. The van der Waals surface area contributed by atoms with Gasteiger partial charge in [0.15, 0.2) is 0 Å². The van der Waals surface area contributed by atoms with Gasteiger partial charge >= 0.3 is 0 Å². The molecule has 0 bridgehead atoms. The number of anilines is 1. The van der Waals surface area contributed by atoms with E-state index in [-0.39, 0.29) is 11.8 Å². The standard InChI is InChI=1S/C25H29N3O2S/c29-24(18-23-25(30)27-21-9-4-5-10-22(21)31-23)26-13-6-14-28-15-11-20(12-16-28)17-19-7-2-1-3-8-19/h1-5,7-10,18,20H,6,11-17H2,(H,26,29)(H,27,30). The van der Waals surface area contributed by atoms with E-state index in [1.165, 1.54) is 42.7 Å². The van der Waals surface area contributed by atoms with Gasteiger partial charge in [0, 0.05) is 17.5 Å². The molecular formula is C25H29N3O2S. The Labute approximate surface area is 188 Å². The first-order valence-corrected chi connectivity index (χ1v) is 11.8. The first-order valence-electron chi connectivity index (χ1n) is 11.0. The van der Waals surface area contributed by atoms with Crippen LogP contribution in [0.25, 0.3) is 0 Å². The zero-order chi connectivity index (χ0) is 21.5. The van der Waals surface area contributed by atoms with Gasteiger partial charge in [-0.05, 0) is 68.9 Å². The number of hydrogen-bond acceptors (Lipinski definition) is 4. The molecule has 5 nitrogen and oxygen atoms in total. The molecule has 31 heavy (non-hydrogen) atoms. The molecule has 0 spiro atoms. The number of para-hydroxylation sites is 1. The van der Waals surface area contributed by atoms with Gasteiger partial charge in [0.25, 0.3) is 5.91 Å². The number of fused-ring (bicyclic) bond motifs is 1. The molecule has 0 atom stereocenters. The van der Waals surface area contributed by atoms with Crippen molar-refractivity contribution in [1.82, 2.24) is 10.2 Å². The number of amides is 2. The van der Waals surface area contributed by atoms with E-state index in [0.717, 1.165) is 42.6 Å². The summed E-state index contributed by atoms with van der Waals surface area (Å²) in [5.41, 5.74) is 2.23. The number of benzene rings is 2. The smallest absolute Gasteiger partial charge is 0.262 e. The average molecular weight is 436 g/mol. The summed E-state index contributed by atoms with van der Waals surface area (Å²) < 4.78 is 0. The van der Waals surface area contributed by atoms with Gasteiger partial charge in [-0.2, -0.15) is 0 Å². The van der Waals surface area contributed by atoms with Crippen LogP contribution in [0.15, 0.2) is 70.5 Å². The zero-order valence-electron chi connectivity index (χ0n) is 17.7. The second kappa shape index (κ2) is 10.6. The third-order valence-corrected chi connectivity index (χ3v) is 6.96. The maximum atomic E-state index is 12.2. The van der Waals surface area contributed by atoms with E-state index in [1.54, 1.807) is 0 Å². The number of carbonyl (C=O) groups is 2. The lowest BCUT2D eigenvalue weighted by molar-refractivity contribution is -0.117. The monoisotopic (exact) mass is 435 g/mol. The first kappa shape index (κ1) is 21.7. The summed E-state index contributed by atoms with van der Waals surface area (Å²) in [7, 11) is 0. The summed E-state index contributed by atoms with van der Waals surface area (Å²) in [5.74, 6) is 0.338. The second-order valence-corrected chi connectivity index (χ2v) is 9.26. The van der Waals surface area contributed by atoms with Gasteiger partial charge in [-0.25, -0.2) is 0 Å². The van der Waals surface area contributed by atoms with Crippen molar-refractivity contribution >= 4 is 29.3 Å². The Morgan fingerprint density at radius 2 is 1.84 bits per heavy atom. The van der Waals surface area contributed by atoms with Crippen LogP contribution in [0.5, 0.6) is 0 Å². The fourth-order valence-corrected chi connectivity index (χ4v) is 5.07. The number of carbonyl (C=O) groups excluding carboxylic acids is 2. The lowest BCUT2D eigenvalue weighted by Gasteiger charge is -2.32. The highest BCUT2D eigenvalue weighted by Gasteiger charge is 2.22. The van der Waals surface area contributed by atoms with Crippen molar-refractivity contribution in [2.24, 2.45) is 5.92 Å². The molecule has 0 aromatic heterocycles. The molecule has 2 aromatic rings. The fraction of sp³-hybridized carbons (Fsp3) is 0.360. The third-order valence-electron chi connectivity index (χ3n) is 5.87. The van der Waals surface area contributed by atoms with Crippen LogP contribution >= 0.6 is 11.8 Å². The third kappa shape index (κ3) is 6.21. The molecule has 2 aliphatic heterocycles. The van der Waals surface area contributed by atoms with Gasteiger partial charge in [0.2, 0.25) is 5.91 Å². The van der Waals surface area contributed by atoms with Crippen LogP contribution in [0.2, 0.25) is 0 Å². The van der Waals surface area contributed by atoms with Crippen LogP contribution in [0.4, 0.5) is 5.69 Å². The molecule has 2 heterocycles. The molecule has 4 rings (SSSR count). The molecule has 2 amide bonds. The number of hydrogen-bond donors (Lipinski definition) is 2. The number of nitrogens with one attached hydrogen (secondary N) is 2. The Morgan fingerprint density at radius 3 is 2.65 bits per heavy atom. The quantitative estimate of drug-likeness (QED) is 0.508. The zero-order valence-corrected chi connectivity index (χ0v) is 18.5. The number of likely N-dealkylation sites (tertiary alicyclic amines) is 1. The van der Waals surface area contributed by atoms with E-state index in [4.69, 9.17) is 0 Å². The van der Waals surface area contributed by atoms with E-state index in [9.17, 15) is 9.59 Å². The maximum absolute atomic E-state index is 12.2. The molecule has 2 aromatic carbocycles. The van der Waals surface area contributed by atoms with Crippen molar-refractivity contribution in [3.05, 3.63) is 71.1 Å². The molecule has 2 aliphatic rings. The van der Waals surface area contributed by atoms with E-state index in [0.29, 0.717) is 11.4 Å². The number of piperidine rings is 1. The van der Waals surface area contributed by atoms with E-state index < -0.39 is 0 Å². The largest absolute Gasteiger partial charge is 0.352 e.